The van der Waals surface area contributed by atoms with Gasteiger partial charge in [-0.05, 0) is 60.6 Å². The second-order valence-corrected chi connectivity index (χ2v) is 17.0. The van der Waals surface area contributed by atoms with Crippen molar-refractivity contribution in [1.29, 1.82) is 0 Å². The largest absolute Gasteiger partial charge is 0.507 e. The molecule has 64 heavy (non-hydrogen) atoms. The van der Waals surface area contributed by atoms with Crippen molar-refractivity contribution in [2.24, 2.45) is 0 Å². The summed E-state index contributed by atoms with van der Waals surface area (Å²) < 4.78 is 0. The average Bonchev–Trinajstić information content (AvgIpc) is 3.30. The Bertz CT molecular complexity index is 2620. The average molecular weight is 877 g/mol. The summed E-state index contributed by atoms with van der Waals surface area (Å²) in [5.41, 5.74) is 2.72. The molecule has 0 aliphatic rings. The molecule has 1 unspecified atom stereocenters. The van der Waals surface area contributed by atoms with Crippen molar-refractivity contribution in [2.45, 2.75) is 117 Å². The molecule has 12 heteroatoms. The van der Waals surface area contributed by atoms with Crippen LogP contribution in [0.5, 0.6) is 57.5 Å². The van der Waals surface area contributed by atoms with Crippen LogP contribution in [-0.2, 0) is 6.42 Å². The van der Waals surface area contributed by atoms with Gasteiger partial charge in [0, 0.05) is 80.4 Å². The number of anilines is 2. The molecule has 0 amide bonds. The lowest BCUT2D eigenvalue weighted by Gasteiger charge is -2.29. The van der Waals surface area contributed by atoms with Crippen LogP contribution in [-0.4, -0.2) is 65.2 Å². The fourth-order valence-electron chi connectivity index (χ4n) is 9.30. The molecule has 342 valence electrons. The monoisotopic (exact) mass is 876 g/mol. The van der Waals surface area contributed by atoms with Gasteiger partial charge in [-0.2, -0.15) is 0 Å². The van der Waals surface area contributed by atoms with Gasteiger partial charge in [0.25, 0.3) is 0 Å². The Kier molecular flexibility index (Phi) is 14.9. The fourth-order valence-corrected chi connectivity index (χ4v) is 9.30. The summed E-state index contributed by atoms with van der Waals surface area (Å²) >= 11 is 0. The topological polar surface area (TPSA) is 226 Å². The van der Waals surface area contributed by atoms with Gasteiger partial charge in [-0.25, -0.2) is 0 Å². The molecule has 0 aliphatic carbocycles. The van der Waals surface area contributed by atoms with Crippen molar-refractivity contribution >= 4 is 32.9 Å². The maximum Gasteiger partial charge on any atom is 0.204 e. The van der Waals surface area contributed by atoms with E-state index >= 15 is 0 Å². The van der Waals surface area contributed by atoms with Crippen LogP contribution < -0.4 is 10.6 Å². The summed E-state index contributed by atoms with van der Waals surface area (Å²) in [5, 5.41) is 124. The third-order valence-corrected chi connectivity index (χ3v) is 12.8. The number of phenols is 10. The predicted octanol–water partition coefficient (Wildman–Crippen LogP) is 12.9. The van der Waals surface area contributed by atoms with Crippen molar-refractivity contribution < 1.29 is 51.1 Å². The van der Waals surface area contributed by atoms with Crippen molar-refractivity contribution in [3.05, 3.63) is 59.7 Å². The van der Waals surface area contributed by atoms with E-state index in [2.05, 4.69) is 24.5 Å². The molecule has 0 radical (unpaired) electrons. The normalized spacial score (nSPS) is 12.0. The highest BCUT2D eigenvalue weighted by atomic mass is 16.4. The minimum absolute atomic E-state index is 0.0252. The zero-order valence-corrected chi connectivity index (χ0v) is 37.6. The van der Waals surface area contributed by atoms with Crippen molar-refractivity contribution in [2.75, 3.05) is 24.7 Å². The standard InChI is InChI=1S/C52H64N2O10/c1-6-8-10-12-14-16-18-28(3)34-38(42-40(46(58)50(62)52(64)48(42)60)36(44(34)56)30-22-26-32(54-5)27-23-30)37-33(19-17-15-13-11-9-7-2)43(55)35(29-20-24-31(53-4)25-21-29)39-41(37)47(59)51(63)49(61)45(39)57/h20-28,53-64H,6-19H2,1-5H3. The van der Waals surface area contributed by atoms with Crippen LogP contribution in [0.4, 0.5) is 11.4 Å². The maximum atomic E-state index is 12.9. The van der Waals surface area contributed by atoms with Gasteiger partial charge in [0.1, 0.15) is 11.5 Å². The smallest absolute Gasteiger partial charge is 0.204 e. The van der Waals surface area contributed by atoms with E-state index in [1.54, 1.807) is 62.6 Å². The Hall–Kier alpha value is -6.56. The van der Waals surface area contributed by atoms with Gasteiger partial charge in [0.15, 0.2) is 23.0 Å². The maximum absolute atomic E-state index is 12.9. The molecular formula is C52H64N2O10. The van der Waals surface area contributed by atoms with Gasteiger partial charge in [0.05, 0.1) is 0 Å². The molecule has 6 rings (SSSR count). The van der Waals surface area contributed by atoms with Gasteiger partial charge in [-0.3, -0.25) is 0 Å². The van der Waals surface area contributed by atoms with Crippen molar-refractivity contribution in [3.8, 4) is 90.9 Å². The number of nitrogens with one attached hydrogen (secondary N) is 2. The van der Waals surface area contributed by atoms with Gasteiger partial charge in [-0.1, -0.05) is 116 Å². The second kappa shape index (κ2) is 20.3. The number of fused-ring (bicyclic) bond motifs is 2. The minimum Gasteiger partial charge on any atom is -0.507 e. The second-order valence-electron chi connectivity index (χ2n) is 17.0. The lowest BCUT2D eigenvalue weighted by molar-refractivity contribution is 0.350. The van der Waals surface area contributed by atoms with Crippen molar-refractivity contribution in [3.63, 3.8) is 0 Å². The van der Waals surface area contributed by atoms with Crippen LogP contribution in [0, 0.1) is 0 Å². The van der Waals surface area contributed by atoms with Crippen molar-refractivity contribution in [1.82, 2.24) is 0 Å². The summed E-state index contributed by atoms with van der Waals surface area (Å²) in [6.07, 6.45) is 11.8. The van der Waals surface area contributed by atoms with Crippen LogP contribution in [0.15, 0.2) is 48.5 Å². The Balaban J connectivity index is 1.86. The molecule has 0 spiro atoms. The SMILES string of the molecule is CCCCCCCCc1c(O)c(-c2ccc(NC)cc2)c2c(O)c(O)c(O)c(O)c2c1-c1c(C(C)CCCCCCCC)c(O)c(-c2ccc(NC)cc2)c2c(O)c(O)c(O)c(O)c12. The van der Waals surface area contributed by atoms with E-state index in [9.17, 15) is 51.1 Å². The first kappa shape index (κ1) is 46.9. The number of rotatable bonds is 20. The lowest BCUT2D eigenvalue weighted by atomic mass is 9.76. The Morgan fingerprint density at radius 3 is 1.17 bits per heavy atom. The third kappa shape index (κ3) is 8.70. The molecule has 1 atom stereocenters. The lowest BCUT2D eigenvalue weighted by Crippen LogP contribution is -2.05. The molecule has 6 aromatic carbocycles. The van der Waals surface area contributed by atoms with E-state index < -0.39 is 51.9 Å². The first-order chi connectivity index (χ1) is 30.7. The van der Waals surface area contributed by atoms with Gasteiger partial charge in [0.2, 0.25) is 23.0 Å². The van der Waals surface area contributed by atoms with E-state index in [0.29, 0.717) is 24.0 Å². The van der Waals surface area contributed by atoms with Gasteiger partial charge < -0.3 is 61.7 Å². The van der Waals surface area contributed by atoms with E-state index in [1.807, 2.05) is 6.92 Å². The van der Waals surface area contributed by atoms with E-state index in [0.717, 1.165) is 82.0 Å². The predicted molar refractivity (Wildman–Crippen MR) is 257 cm³/mol. The quantitative estimate of drug-likeness (QED) is 0.0195. The summed E-state index contributed by atoms with van der Waals surface area (Å²) in [4.78, 5) is 0. The molecule has 0 heterocycles. The molecule has 0 aromatic heterocycles. The molecule has 0 aliphatic heterocycles. The molecule has 12 N–H and O–H groups in total. The molecule has 6 aromatic rings. The highest BCUT2D eigenvalue weighted by Gasteiger charge is 2.36. The first-order valence-corrected chi connectivity index (χ1v) is 22.7. The van der Waals surface area contributed by atoms with Crippen LogP contribution in [0.1, 0.15) is 121 Å². The van der Waals surface area contributed by atoms with Crippen LogP contribution in [0.25, 0.3) is 54.9 Å². The third-order valence-electron chi connectivity index (χ3n) is 12.8. The van der Waals surface area contributed by atoms with E-state index in [4.69, 9.17) is 0 Å². The Morgan fingerprint density at radius 2 is 0.750 bits per heavy atom. The van der Waals surface area contributed by atoms with Gasteiger partial charge in [-0.15, -0.1) is 0 Å². The summed E-state index contributed by atoms with van der Waals surface area (Å²) in [6, 6.07) is 13.8. The number of phenolic OH excluding ortho intramolecular Hbond substituents is 10. The molecule has 0 saturated heterocycles. The van der Waals surface area contributed by atoms with E-state index in [-0.39, 0.29) is 72.8 Å². The van der Waals surface area contributed by atoms with Crippen LogP contribution in [0.2, 0.25) is 0 Å². The fraction of sp³-hybridized carbons (Fsp3) is 0.385. The van der Waals surface area contributed by atoms with Crippen LogP contribution in [0.3, 0.4) is 0 Å². The molecule has 0 bridgehead atoms. The summed E-state index contributed by atoms with van der Waals surface area (Å²) in [5.74, 6) is -8.84. The summed E-state index contributed by atoms with van der Waals surface area (Å²) in [6.45, 7) is 6.17. The van der Waals surface area contributed by atoms with Gasteiger partial charge >= 0.3 is 0 Å². The summed E-state index contributed by atoms with van der Waals surface area (Å²) in [7, 11) is 3.50. The molecular weight excluding hydrogens is 813 g/mol. The Morgan fingerprint density at radius 1 is 0.391 bits per heavy atom. The highest BCUT2D eigenvalue weighted by molar-refractivity contribution is 6.23. The van der Waals surface area contributed by atoms with Crippen LogP contribution >= 0.6 is 0 Å². The molecule has 0 fully saturated rings. The number of benzene rings is 6. The Labute approximate surface area is 374 Å². The number of hydrogen-bond acceptors (Lipinski definition) is 12. The first-order valence-electron chi connectivity index (χ1n) is 22.7. The minimum atomic E-state index is -1.05. The number of aromatic hydroxyl groups is 10. The molecule has 12 nitrogen and oxygen atoms in total. The molecule has 0 saturated carbocycles. The van der Waals surface area contributed by atoms with E-state index in [1.165, 1.54) is 0 Å². The zero-order valence-electron chi connectivity index (χ0n) is 37.6. The zero-order chi connectivity index (χ0) is 46.4. The number of unbranched alkanes of at least 4 members (excludes halogenated alkanes) is 10. The highest BCUT2D eigenvalue weighted by Crippen LogP contribution is 2.64. The number of hydrogen-bond donors (Lipinski definition) is 12.